The van der Waals surface area contributed by atoms with Crippen LogP contribution in [0, 0.1) is 0 Å². The van der Waals surface area contributed by atoms with Gasteiger partial charge in [-0.25, -0.2) is 4.99 Å². The SMILES string of the molecule is C=CCn1nc2ccc3c(c2n1)SNC=N3. The summed E-state index contributed by atoms with van der Waals surface area (Å²) in [7, 11) is 0. The first-order chi connectivity index (χ1) is 7.88. The predicted molar refractivity (Wildman–Crippen MR) is 64.9 cm³/mol. The molecule has 0 amide bonds. The van der Waals surface area contributed by atoms with Crippen molar-refractivity contribution in [1.82, 2.24) is 19.7 Å². The van der Waals surface area contributed by atoms with Gasteiger partial charge in [-0.2, -0.15) is 15.0 Å². The van der Waals surface area contributed by atoms with Gasteiger partial charge in [0.2, 0.25) is 0 Å². The highest BCUT2D eigenvalue weighted by Crippen LogP contribution is 2.35. The van der Waals surface area contributed by atoms with Crippen molar-refractivity contribution < 1.29 is 0 Å². The Bertz CT molecular complexity index is 586. The molecule has 6 heteroatoms. The quantitative estimate of drug-likeness (QED) is 0.633. The van der Waals surface area contributed by atoms with Gasteiger partial charge in [0.1, 0.15) is 11.0 Å². The molecule has 2 heterocycles. The first kappa shape index (κ1) is 9.41. The van der Waals surface area contributed by atoms with Gasteiger partial charge in [0, 0.05) is 0 Å². The number of nitrogens with zero attached hydrogens (tertiary/aromatic N) is 4. The van der Waals surface area contributed by atoms with Gasteiger partial charge in [-0.1, -0.05) is 6.08 Å². The third kappa shape index (κ3) is 1.38. The Hall–Kier alpha value is -1.82. The van der Waals surface area contributed by atoms with E-state index < -0.39 is 0 Å². The highest BCUT2D eigenvalue weighted by Gasteiger charge is 2.14. The van der Waals surface area contributed by atoms with E-state index >= 15 is 0 Å². The van der Waals surface area contributed by atoms with Crippen LogP contribution < -0.4 is 4.72 Å². The van der Waals surface area contributed by atoms with Gasteiger partial charge < -0.3 is 4.72 Å². The fourth-order valence-electron chi connectivity index (χ4n) is 1.57. The monoisotopic (exact) mass is 231 g/mol. The molecule has 1 aromatic heterocycles. The van der Waals surface area contributed by atoms with Gasteiger partial charge in [-0.15, -0.1) is 6.58 Å². The zero-order valence-corrected chi connectivity index (χ0v) is 9.24. The highest BCUT2D eigenvalue weighted by molar-refractivity contribution is 7.98. The number of aromatic nitrogens is 3. The van der Waals surface area contributed by atoms with Crippen LogP contribution in [0.4, 0.5) is 5.69 Å². The Balaban J connectivity index is 2.22. The molecule has 80 valence electrons. The fourth-order valence-corrected chi connectivity index (χ4v) is 2.26. The lowest BCUT2D eigenvalue weighted by Crippen LogP contribution is -2.03. The van der Waals surface area contributed by atoms with Crippen molar-refractivity contribution in [2.45, 2.75) is 11.4 Å². The Labute approximate surface area is 96.4 Å². The summed E-state index contributed by atoms with van der Waals surface area (Å²) in [5, 5.41) is 8.77. The van der Waals surface area contributed by atoms with Crippen molar-refractivity contribution in [3.05, 3.63) is 24.8 Å². The number of hydrogen-bond acceptors (Lipinski definition) is 5. The van der Waals surface area contributed by atoms with E-state index in [4.69, 9.17) is 0 Å². The van der Waals surface area contributed by atoms with E-state index in [1.165, 1.54) is 11.9 Å². The van der Waals surface area contributed by atoms with Crippen molar-refractivity contribution in [3.8, 4) is 0 Å². The maximum Gasteiger partial charge on any atom is 0.130 e. The largest absolute Gasteiger partial charge is 0.316 e. The van der Waals surface area contributed by atoms with Gasteiger partial charge in [0.25, 0.3) is 0 Å². The molecule has 0 aliphatic carbocycles. The van der Waals surface area contributed by atoms with Crippen LogP contribution in [-0.4, -0.2) is 21.3 Å². The van der Waals surface area contributed by atoms with E-state index in [0.29, 0.717) is 6.54 Å². The molecule has 5 nitrogen and oxygen atoms in total. The molecule has 1 N–H and O–H groups in total. The third-order valence-corrected chi connectivity index (χ3v) is 3.07. The number of nitrogens with one attached hydrogen (secondary N) is 1. The minimum Gasteiger partial charge on any atom is -0.316 e. The van der Waals surface area contributed by atoms with Gasteiger partial charge in [0.05, 0.1) is 23.5 Å². The molecule has 0 fully saturated rings. The second-order valence-electron chi connectivity index (χ2n) is 3.30. The Morgan fingerprint density at radius 3 is 3.25 bits per heavy atom. The average molecular weight is 231 g/mol. The zero-order valence-electron chi connectivity index (χ0n) is 8.42. The summed E-state index contributed by atoms with van der Waals surface area (Å²) < 4.78 is 3.00. The summed E-state index contributed by atoms with van der Waals surface area (Å²) in [6.07, 6.45) is 3.45. The Morgan fingerprint density at radius 2 is 2.38 bits per heavy atom. The van der Waals surface area contributed by atoms with Crippen LogP contribution in [-0.2, 0) is 6.54 Å². The summed E-state index contributed by atoms with van der Waals surface area (Å²) in [6.45, 7) is 4.29. The molecule has 0 saturated heterocycles. The summed E-state index contributed by atoms with van der Waals surface area (Å²) >= 11 is 1.51. The van der Waals surface area contributed by atoms with E-state index in [0.717, 1.165) is 21.6 Å². The lowest BCUT2D eigenvalue weighted by molar-refractivity contribution is 0.611. The molecule has 0 saturated carbocycles. The standard InChI is InChI=1S/C10H9N5S/c1-2-5-15-13-7-3-4-8-10(9(7)14-15)16-12-6-11-8/h2-4,6H,1,5H2,(H,11,12). The topological polar surface area (TPSA) is 55.1 Å². The molecule has 3 rings (SSSR count). The molecule has 0 bridgehead atoms. The van der Waals surface area contributed by atoms with Crippen LogP contribution in [0.1, 0.15) is 0 Å². The van der Waals surface area contributed by atoms with Crippen molar-refractivity contribution in [2.75, 3.05) is 0 Å². The van der Waals surface area contributed by atoms with Crippen LogP contribution >= 0.6 is 11.9 Å². The number of fused-ring (bicyclic) bond motifs is 3. The molecule has 1 aliphatic heterocycles. The molecule has 1 aromatic carbocycles. The molecule has 16 heavy (non-hydrogen) atoms. The predicted octanol–water partition coefficient (Wildman–Crippen LogP) is 1.89. The van der Waals surface area contributed by atoms with E-state index in [1.54, 1.807) is 17.2 Å². The number of rotatable bonds is 2. The second kappa shape index (κ2) is 3.64. The van der Waals surface area contributed by atoms with Crippen molar-refractivity contribution in [2.24, 2.45) is 4.99 Å². The van der Waals surface area contributed by atoms with Gasteiger partial charge in [-0.05, 0) is 24.1 Å². The van der Waals surface area contributed by atoms with Crippen LogP contribution in [0.25, 0.3) is 11.0 Å². The van der Waals surface area contributed by atoms with Crippen LogP contribution in [0.2, 0.25) is 0 Å². The summed E-state index contributed by atoms with van der Waals surface area (Å²) in [6, 6.07) is 3.89. The molecule has 1 aliphatic rings. The molecule has 0 radical (unpaired) electrons. The van der Waals surface area contributed by atoms with E-state index in [2.05, 4.69) is 26.5 Å². The van der Waals surface area contributed by atoms with Crippen LogP contribution in [0.3, 0.4) is 0 Å². The lowest BCUT2D eigenvalue weighted by atomic mass is 10.3. The summed E-state index contributed by atoms with van der Waals surface area (Å²) in [5.41, 5.74) is 2.70. The maximum absolute atomic E-state index is 4.42. The highest BCUT2D eigenvalue weighted by atomic mass is 32.2. The molecular weight excluding hydrogens is 222 g/mol. The first-order valence-electron chi connectivity index (χ1n) is 4.82. The number of allylic oxidation sites excluding steroid dienone is 1. The normalized spacial score (nSPS) is 13.5. The van der Waals surface area contributed by atoms with Gasteiger partial charge in [-0.3, -0.25) is 0 Å². The van der Waals surface area contributed by atoms with Crippen LogP contribution in [0.5, 0.6) is 0 Å². The summed E-state index contributed by atoms with van der Waals surface area (Å²) in [4.78, 5) is 6.90. The Kier molecular flexibility index (Phi) is 2.14. The van der Waals surface area contributed by atoms with Crippen LogP contribution in [0.15, 0.2) is 34.7 Å². The molecular formula is C10H9N5S. The number of benzene rings is 1. The first-order valence-corrected chi connectivity index (χ1v) is 5.64. The lowest BCUT2D eigenvalue weighted by Gasteiger charge is -2.08. The molecule has 0 unspecified atom stereocenters. The number of hydrogen-bond donors (Lipinski definition) is 1. The minimum atomic E-state index is 0.616. The van der Waals surface area contributed by atoms with Gasteiger partial charge >= 0.3 is 0 Å². The zero-order chi connectivity index (χ0) is 11.0. The molecule has 0 spiro atoms. The van der Waals surface area contributed by atoms with E-state index in [9.17, 15) is 0 Å². The van der Waals surface area contributed by atoms with Crippen molar-refractivity contribution >= 4 is 35.0 Å². The number of aliphatic imine (C=N–C) groups is 1. The van der Waals surface area contributed by atoms with E-state index in [-0.39, 0.29) is 0 Å². The maximum atomic E-state index is 4.42. The van der Waals surface area contributed by atoms with E-state index in [1.807, 2.05) is 12.1 Å². The van der Waals surface area contributed by atoms with Crippen molar-refractivity contribution in [3.63, 3.8) is 0 Å². The average Bonchev–Trinajstić information content (AvgIpc) is 2.72. The van der Waals surface area contributed by atoms with Crippen molar-refractivity contribution in [1.29, 1.82) is 0 Å². The smallest absolute Gasteiger partial charge is 0.130 e. The Morgan fingerprint density at radius 1 is 1.44 bits per heavy atom. The minimum absolute atomic E-state index is 0.616. The molecule has 0 atom stereocenters. The second-order valence-corrected chi connectivity index (χ2v) is 4.15. The fraction of sp³-hybridized carbons (Fsp3) is 0.100. The third-order valence-electron chi connectivity index (χ3n) is 2.24. The summed E-state index contributed by atoms with van der Waals surface area (Å²) in [5.74, 6) is 0. The molecule has 2 aromatic rings. The van der Waals surface area contributed by atoms with Gasteiger partial charge in [0.15, 0.2) is 0 Å².